The molecule has 2 aromatic carbocycles. The molecule has 0 amide bonds. The van der Waals surface area contributed by atoms with Crippen molar-refractivity contribution in [1.29, 1.82) is 0 Å². The van der Waals surface area contributed by atoms with Crippen molar-refractivity contribution in [1.82, 2.24) is 0 Å². The number of aryl methyl sites for hydroxylation is 1. The topological polar surface area (TPSA) is 21.3 Å². The summed E-state index contributed by atoms with van der Waals surface area (Å²) in [6.07, 6.45) is 0. The second kappa shape index (κ2) is 6.57. The van der Waals surface area contributed by atoms with E-state index >= 15 is 0 Å². The van der Waals surface area contributed by atoms with Crippen molar-refractivity contribution in [3.05, 3.63) is 56.5 Å². The number of anilines is 1. The first-order valence-corrected chi connectivity index (χ1v) is 7.17. The summed E-state index contributed by atoms with van der Waals surface area (Å²) in [5.41, 5.74) is 2.79. The van der Waals surface area contributed by atoms with E-state index < -0.39 is 0 Å². The number of methoxy groups -OCH3 is 1. The summed E-state index contributed by atoms with van der Waals surface area (Å²) in [4.78, 5) is 0. The summed E-state index contributed by atoms with van der Waals surface area (Å²) >= 11 is 18.3. The van der Waals surface area contributed by atoms with Crippen LogP contribution >= 0.6 is 34.8 Å². The second-order valence-corrected chi connectivity index (χ2v) is 5.57. The van der Waals surface area contributed by atoms with Gasteiger partial charge in [-0.25, -0.2) is 0 Å². The highest BCUT2D eigenvalue weighted by atomic mass is 35.5. The fraction of sp³-hybridized carbons (Fsp3) is 0.200. The summed E-state index contributed by atoms with van der Waals surface area (Å²) in [5.74, 6) is 0.768. The van der Waals surface area contributed by atoms with E-state index in [1.807, 2.05) is 25.1 Å². The quantitative estimate of drug-likeness (QED) is 0.739. The summed E-state index contributed by atoms with van der Waals surface area (Å²) in [6.45, 7) is 2.49. The molecule has 0 aliphatic rings. The molecule has 0 saturated carbocycles. The molecule has 106 valence electrons. The Morgan fingerprint density at radius 3 is 2.45 bits per heavy atom. The average molecular weight is 331 g/mol. The van der Waals surface area contributed by atoms with E-state index in [2.05, 4.69) is 5.32 Å². The molecule has 0 atom stereocenters. The van der Waals surface area contributed by atoms with Crippen molar-refractivity contribution in [3.8, 4) is 5.75 Å². The first kappa shape index (κ1) is 15.3. The van der Waals surface area contributed by atoms with Crippen LogP contribution in [-0.2, 0) is 6.54 Å². The lowest BCUT2D eigenvalue weighted by Crippen LogP contribution is -2.03. The smallest absolute Gasteiger partial charge is 0.141 e. The predicted molar refractivity (Wildman–Crippen MR) is 86.5 cm³/mol. The van der Waals surface area contributed by atoms with Crippen LogP contribution in [-0.4, -0.2) is 7.11 Å². The van der Waals surface area contributed by atoms with Crippen LogP contribution < -0.4 is 10.1 Å². The van der Waals surface area contributed by atoms with Gasteiger partial charge in [-0.15, -0.1) is 0 Å². The maximum atomic E-state index is 6.18. The highest BCUT2D eigenvalue weighted by Gasteiger charge is 2.10. The van der Waals surface area contributed by atoms with Crippen LogP contribution in [0.15, 0.2) is 30.3 Å². The Bertz CT molecular complexity index is 629. The third kappa shape index (κ3) is 3.32. The fourth-order valence-electron chi connectivity index (χ4n) is 1.87. The Balaban J connectivity index is 2.25. The van der Waals surface area contributed by atoms with Crippen molar-refractivity contribution < 1.29 is 4.74 Å². The van der Waals surface area contributed by atoms with Gasteiger partial charge in [0.05, 0.1) is 22.8 Å². The van der Waals surface area contributed by atoms with E-state index in [1.165, 1.54) is 0 Å². The van der Waals surface area contributed by atoms with E-state index in [0.717, 1.165) is 22.6 Å². The number of nitrogens with one attached hydrogen (secondary N) is 1. The van der Waals surface area contributed by atoms with Crippen molar-refractivity contribution >= 4 is 40.5 Å². The number of hydrogen-bond acceptors (Lipinski definition) is 2. The lowest BCUT2D eigenvalue weighted by Gasteiger charge is -2.14. The van der Waals surface area contributed by atoms with Crippen LogP contribution in [0.1, 0.15) is 11.1 Å². The second-order valence-electron chi connectivity index (χ2n) is 4.38. The molecule has 0 spiro atoms. The molecule has 2 aromatic rings. The van der Waals surface area contributed by atoms with Crippen LogP contribution in [0.25, 0.3) is 0 Å². The summed E-state index contributed by atoms with van der Waals surface area (Å²) < 4.78 is 5.32. The summed E-state index contributed by atoms with van der Waals surface area (Å²) in [6, 6.07) is 9.33. The first-order valence-electron chi connectivity index (χ1n) is 6.04. The number of ether oxygens (including phenoxy) is 1. The van der Waals surface area contributed by atoms with Crippen molar-refractivity contribution in [3.63, 3.8) is 0 Å². The molecule has 0 aromatic heterocycles. The van der Waals surface area contributed by atoms with Crippen LogP contribution in [0, 0.1) is 6.92 Å². The van der Waals surface area contributed by atoms with Crippen molar-refractivity contribution in [2.45, 2.75) is 13.5 Å². The Kier molecular flexibility index (Phi) is 5.03. The van der Waals surface area contributed by atoms with Gasteiger partial charge < -0.3 is 10.1 Å². The minimum absolute atomic E-state index is 0.470. The fourth-order valence-corrected chi connectivity index (χ4v) is 2.56. The van der Waals surface area contributed by atoms with Gasteiger partial charge >= 0.3 is 0 Å². The largest absolute Gasteiger partial charge is 0.495 e. The number of hydrogen-bond donors (Lipinski definition) is 1. The van der Waals surface area contributed by atoms with E-state index in [-0.39, 0.29) is 0 Å². The SMILES string of the molecule is COc1ccc(C)cc1NCc1c(Cl)ccc(Cl)c1Cl. The van der Waals surface area contributed by atoms with Gasteiger partial charge in [0.1, 0.15) is 5.75 Å². The molecule has 0 aliphatic heterocycles. The number of halogens is 3. The zero-order valence-corrected chi connectivity index (χ0v) is 13.4. The molecule has 0 unspecified atom stereocenters. The monoisotopic (exact) mass is 329 g/mol. The van der Waals surface area contributed by atoms with Crippen LogP contribution in [0.3, 0.4) is 0 Å². The molecule has 2 rings (SSSR count). The van der Waals surface area contributed by atoms with Gasteiger partial charge in [0.15, 0.2) is 0 Å². The van der Waals surface area contributed by atoms with Gasteiger partial charge in [-0.1, -0.05) is 40.9 Å². The van der Waals surface area contributed by atoms with E-state index in [4.69, 9.17) is 39.5 Å². The molecule has 2 nitrogen and oxygen atoms in total. The highest BCUT2D eigenvalue weighted by molar-refractivity contribution is 6.44. The van der Waals surface area contributed by atoms with Gasteiger partial charge in [-0.2, -0.15) is 0 Å². The normalized spacial score (nSPS) is 10.4. The van der Waals surface area contributed by atoms with E-state index in [0.29, 0.717) is 21.6 Å². The Hall–Kier alpha value is -1.09. The van der Waals surface area contributed by atoms with Crippen LogP contribution in [0.2, 0.25) is 15.1 Å². The lowest BCUT2D eigenvalue weighted by molar-refractivity contribution is 0.416. The molecular weight excluding hydrogens is 317 g/mol. The lowest BCUT2D eigenvalue weighted by atomic mass is 10.2. The van der Waals surface area contributed by atoms with Crippen molar-refractivity contribution in [2.24, 2.45) is 0 Å². The molecule has 0 saturated heterocycles. The number of rotatable bonds is 4. The zero-order valence-electron chi connectivity index (χ0n) is 11.1. The van der Waals surface area contributed by atoms with Crippen LogP contribution in [0.5, 0.6) is 5.75 Å². The van der Waals surface area contributed by atoms with Gasteiger partial charge in [0.2, 0.25) is 0 Å². The van der Waals surface area contributed by atoms with Gasteiger partial charge in [-0.05, 0) is 36.8 Å². The molecule has 0 bridgehead atoms. The Morgan fingerprint density at radius 2 is 1.75 bits per heavy atom. The minimum Gasteiger partial charge on any atom is -0.495 e. The zero-order chi connectivity index (χ0) is 14.7. The predicted octanol–water partition coefficient (Wildman–Crippen LogP) is 5.58. The molecule has 0 fully saturated rings. The first-order chi connectivity index (χ1) is 9.52. The van der Waals surface area contributed by atoms with Crippen LogP contribution in [0.4, 0.5) is 5.69 Å². The maximum absolute atomic E-state index is 6.18. The third-order valence-electron chi connectivity index (χ3n) is 2.95. The summed E-state index contributed by atoms with van der Waals surface area (Å²) in [5, 5.41) is 4.82. The standard InChI is InChI=1S/C15H14Cl3NO/c1-9-3-6-14(20-2)13(7-9)19-8-10-11(16)4-5-12(17)15(10)18/h3-7,19H,8H2,1-2H3. The van der Waals surface area contributed by atoms with Gasteiger partial charge in [-0.3, -0.25) is 0 Å². The minimum atomic E-state index is 0.470. The third-order valence-corrected chi connectivity index (χ3v) is 4.15. The Labute approximate surface area is 133 Å². The molecular formula is C15H14Cl3NO. The maximum Gasteiger partial charge on any atom is 0.141 e. The number of benzene rings is 2. The van der Waals surface area contributed by atoms with Crippen molar-refractivity contribution in [2.75, 3.05) is 12.4 Å². The molecule has 5 heteroatoms. The molecule has 20 heavy (non-hydrogen) atoms. The van der Waals surface area contributed by atoms with Gasteiger partial charge in [0, 0.05) is 17.1 Å². The molecule has 0 aliphatic carbocycles. The molecule has 1 N–H and O–H groups in total. The molecule has 0 radical (unpaired) electrons. The van der Waals surface area contributed by atoms with E-state index in [1.54, 1.807) is 19.2 Å². The molecule has 0 heterocycles. The van der Waals surface area contributed by atoms with E-state index in [9.17, 15) is 0 Å². The average Bonchev–Trinajstić information content (AvgIpc) is 2.43. The van der Waals surface area contributed by atoms with Gasteiger partial charge in [0.25, 0.3) is 0 Å². The highest BCUT2D eigenvalue weighted by Crippen LogP contribution is 2.33. The Morgan fingerprint density at radius 1 is 1.05 bits per heavy atom. The summed E-state index contributed by atoms with van der Waals surface area (Å²) in [7, 11) is 1.63.